The minimum Gasteiger partial charge on any atom is -0.449 e. The Balaban J connectivity index is 1.38. The summed E-state index contributed by atoms with van der Waals surface area (Å²) in [5, 5.41) is 2.92. The van der Waals surface area contributed by atoms with Gasteiger partial charge in [0.2, 0.25) is 0 Å². The Kier molecular flexibility index (Phi) is 5.44. The molecule has 1 aliphatic carbocycles. The molecule has 0 bridgehead atoms. The molecule has 0 aliphatic heterocycles. The maximum atomic E-state index is 12.3. The molecular formula is C23H21BrN2O2. The Morgan fingerprint density at radius 3 is 2.39 bits per heavy atom. The molecule has 4 nitrogen and oxygen atoms in total. The maximum absolute atomic E-state index is 12.3. The molecule has 0 unspecified atom stereocenters. The summed E-state index contributed by atoms with van der Waals surface area (Å²) < 4.78 is 6.53. The number of aromatic nitrogens is 1. The fourth-order valence-electron chi connectivity index (χ4n) is 3.81. The molecule has 1 atom stereocenters. The topological polar surface area (TPSA) is 51.2 Å². The van der Waals surface area contributed by atoms with Crippen molar-refractivity contribution in [1.82, 2.24) is 10.3 Å². The highest BCUT2D eigenvalue weighted by molar-refractivity contribution is 9.10. The number of pyridine rings is 1. The number of halogens is 1. The summed E-state index contributed by atoms with van der Waals surface area (Å²) in [5.74, 6) is 0.0720. The summed E-state index contributed by atoms with van der Waals surface area (Å²) in [6, 6.07) is 18.6. The van der Waals surface area contributed by atoms with Crippen molar-refractivity contribution in [2.24, 2.45) is 0 Å². The predicted octanol–water partition coefficient (Wildman–Crippen LogP) is 5.31. The van der Waals surface area contributed by atoms with Gasteiger partial charge in [-0.25, -0.2) is 4.79 Å². The minimum absolute atomic E-state index is 0.0493. The molecule has 2 aromatic carbocycles. The summed E-state index contributed by atoms with van der Waals surface area (Å²) in [7, 11) is 0. The number of carbonyl (C=O) groups is 1. The van der Waals surface area contributed by atoms with Crippen LogP contribution in [0.5, 0.6) is 0 Å². The largest absolute Gasteiger partial charge is 0.449 e. The standard InChI is InChI=1S/C23H21BrN2O2/c1-15(10-16-11-17(24)13-25-12-16)26-23(27)28-14-22-20-8-4-2-6-18(20)19-7-3-5-9-21(19)22/h2-9,11-13,15,22H,10,14H2,1H3,(H,26,27)/t15-/m0/s1. The van der Waals surface area contributed by atoms with Crippen LogP contribution in [0.1, 0.15) is 29.5 Å². The van der Waals surface area contributed by atoms with Crippen LogP contribution >= 0.6 is 15.9 Å². The highest BCUT2D eigenvalue weighted by atomic mass is 79.9. The first-order chi connectivity index (χ1) is 13.6. The number of fused-ring (bicyclic) bond motifs is 3. The number of ether oxygens (including phenoxy) is 1. The zero-order valence-corrected chi connectivity index (χ0v) is 17.1. The molecule has 1 aliphatic rings. The lowest BCUT2D eigenvalue weighted by Gasteiger charge is -2.17. The average Bonchev–Trinajstić information content (AvgIpc) is 3.00. The van der Waals surface area contributed by atoms with Crippen molar-refractivity contribution in [2.45, 2.75) is 25.3 Å². The van der Waals surface area contributed by atoms with Crippen LogP contribution in [0.4, 0.5) is 4.79 Å². The number of benzene rings is 2. The van der Waals surface area contributed by atoms with Gasteiger partial charge in [0, 0.05) is 28.8 Å². The summed E-state index contributed by atoms with van der Waals surface area (Å²) in [6.45, 7) is 2.29. The van der Waals surface area contributed by atoms with Gasteiger partial charge in [0.1, 0.15) is 6.61 Å². The van der Waals surface area contributed by atoms with Gasteiger partial charge in [-0.15, -0.1) is 0 Å². The fourth-order valence-corrected chi connectivity index (χ4v) is 4.23. The average molecular weight is 437 g/mol. The van der Waals surface area contributed by atoms with Gasteiger partial charge in [0.05, 0.1) is 0 Å². The lowest BCUT2D eigenvalue weighted by atomic mass is 9.98. The number of nitrogens with one attached hydrogen (secondary N) is 1. The number of alkyl carbamates (subject to hydrolysis) is 1. The van der Waals surface area contributed by atoms with Crippen molar-refractivity contribution in [3.8, 4) is 11.1 Å². The zero-order valence-electron chi connectivity index (χ0n) is 15.6. The number of hydrogen-bond acceptors (Lipinski definition) is 3. The van der Waals surface area contributed by atoms with E-state index in [1.54, 1.807) is 12.4 Å². The number of carbonyl (C=O) groups excluding carboxylic acids is 1. The lowest BCUT2D eigenvalue weighted by molar-refractivity contribution is 0.139. The van der Waals surface area contributed by atoms with Crippen molar-refractivity contribution in [3.05, 3.63) is 88.2 Å². The second kappa shape index (κ2) is 8.15. The molecule has 0 saturated carbocycles. The van der Waals surface area contributed by atoms with Gasteiger partial charge in [-0.3, -0.25) is 4.98 Å². The molecule has 1 amide bonds. The quantitative estimate of drug-likeness (QED) is 0.588. The number of nitrogens with zero attached hydrogens (tertiary/aromatic N) is 1. The highest BCUT2D eigenvalue weighted by Gasteiger charge is 2.29. The molecule has 1 aromatic heterocycles. The van der Waals surface area contributed by atoms with Crippen LogP contribution in [-0.4, -0.2) is 23.7 Å². The Bertz CT molecular complexity index is 960. The van der Waals surface area contributed by atoms with Crippen molar-refractivity contribution < 1.29 is 9.53 Å². The summed E-state index contributed by atoms with van der Waals surface area (Å²) in [5.41, 5.74) is 5.93. The number of hydrogen-bond donors (Lipinski definition) is 1. The van der Waals surface area contributed by atoms with E-state index in [-0.39, 0.29) is 12.0 Å². The van der Waals surface area contributed by atoms with Crippen LogP contribution in [0.3, 0.4) is 0 Å². The van der Waals surface area contributed by atoms with Gasteiger partial charge in [-0.1, -0.05) is 48.5 Å². The van der Waals surface area contributed by atoms with Crippen molar-refractivity contribution in [1.29, 1.82) is 0 Å². The Hall–Kier alpha value is -2.66. The molecule has 0 radical (unpaired) electrons. The molecule has 0 fully saturated rings. The van der Waals surface area contributed by atoms with E-state index in [4.69, 9.17) is 4.74 Å². The van der Waals surface area contributed by atoms with Gasteiger partial charge < -0.3 is 10.1 Å². The molecule has 28 heavy (non-hydrogen) atoms. The smallest absolute Gasteiger partial charge is 0.407 e. The second-order valence-electron chi connectivity index (χ2n) is 7.09. The van der Waals surface area contributed by atoms with E-state index < -0.39 is 6.09 Å². The normalized spacial score (nSPS) is 13.5. The summed E-state index contributed by atoms with van der Waals surface area (Å²) in [4.78, 5) is 16.5. The lowest BCUT2D eigenvalue weighted by Crippen LogP contribution is -2.35. The van der Waals surface area contributed by atoms with Gasteiger partial charge in [-0.05, 0) is 63.2 Å². The molecule has 142 valence electrons. The SMILES string of the molecule is C[C@@H](Cc1cncc(Br)c1)NC(=O)OCC1c2ccccc2-c2ccccc21. The van der Waals surface area contributed by atoms with E-state index in [9.17, 15) is 4.79 Å². The van der Waals surface area contributed by atoms with Crippen LogP contribution < -0.4 is 5.32 Å². The summed E-state index contributed by atoms with van der Waals surface area (Å²) >= 11 is 3.42. The minimum atomic E-state index is -0.391. The monoisotopic (exact) mass is 436 g/mol. The third-order valence-electron chi connectivity index (χ3n) is 5.01. The van der Waals surface area contributed by atoms with E-state index in [0.29, 0.717) is 13.0 Å². The van der Waals surface area contributed by atoms with Gasteiger partial charge in [0.15, 0.2) is 0 Å². The van der Waals surface area contributed by atoms with E-state index in [1.165, 1.54) is 22.3 Å². The molecule has 4 rings (SSSR count). The molecular weight excluding hydrogens is 416 g/mol. The van der Waals surface area contributed by atoms with E-state index in [1.807, 2.05) is 37.3 Å². The first kappa shape index (κ1) is 18.7. The van der Waals surface area contributed by atoms with Crippen molar-refractivity contribution >= 4 is 22.0 Å². The molecule has 5 heteroatoms. The second-order valence-corrected chi connectivity index (χ2v) is 8.00. The molecule has 3 aromatic rings. The van der Waals surface area contributed by atoms with Crippen LogP contribution in [0.15, 0.2) is 71.5 Å². The fraction of sp³-hybridized carbons (Fsp3) is 0.217. The predicted molar refractivity (Wildman–Crippen MR) is 113 cm³/mol. The van der Waals surface area contributed by atoms with Crippen LogP contribution in [0.2, 0.25) is 0 Å². The van der Waals surface area contributed by atoms with Gasteiger partial charge >= 0.3 is 6.09 Å². The van der Waals surface area contributed by atoms with Crippen LogP contribution in [0.25, 0.3) is 11.1 Å². The first-order valence-electron chi connectivity index (χ1n) is 9.33. The Labute approximate surface area is 173 Å². The van der Waals surface area contributed by atoms with Gasteiger partial charge in [0.25, 0.3) is 0 Å². The van der Waals surface area contributed by atoms with Crippen molar-refractivity contribution in [2.75, 3.05) is 6.61 Å². The van der Waals surface area contributed by atoms with Crippen LogP contribution in [0, 0.1) is 0 Å². The Morgan fingerprint density at radius 2 is 1.75 bits per heavy atom. The summed E-state index contributed by atoms with van der Waals surface area (Å²) in [6.07, 6.45) is 3.85. The van der Waals surface area contributed by atoms with E-state index in [0.717, 1.165) is 10.0 Å². The van der Waals surface area contributed by atoms with E-state index >= 15 is 0 Å². The molecule has 0 saturated heterocycles. The highest BCUT2D eigenvalue weighted by Crippen LogP contribution is 2.44. The third kappa shape index (κ3) is 3.94. The number of amides is 1. The molecule has 0 spiro atoms. The molecule has 1 heterocycles. The molecule has 1 N–H and O–H groups in total. The number of rotatable bonds is 5. The first-order valence-corrected chi connectivity index (χ1v) is 10.1. The Morgan fingerprint density at radius 1 is 1.11 bits per heavy atom. The van der Waals surface area contributed by atoms with Gasteiger partial charge in [-0.2, -0.15) is 0 Å². The third-order valence-corrected chi connectivity index (χ3v) is 5.44. The van der Waals surface area contributed by atoms with Crippen molar-refractivity contribution in [3.63, 3.8) is 0 Å². The zero-order chi connectivity index (χ0) is 19.5. The van der Waals surface area contributed by atoms with E-state index in [2.05, 4.69) is 50.5 Å². The maximum Gasteiger partial charge on any atom is 0.407 e. The van der Waals surface area contributed by atoms with Crippen LogP contribution in [-0.2, 0) is 11.2 Å².